The van der Waals surface area contributed by atoms with E-state index in [-0.39, 0.29) is 29.1 Å². The third-order valence-corrected chi connectivity index (χ3v) is 7.23. The number of hydrogen-bond donors (Lipinski definition) is 0. The molecule has 6 rings (SSSR count). The van der Waals surface area contributed by atoms with Gasteiger partial charge in [-0.05, 0) is 18.6 Å². The third kappa shape index (κ3) is 3.12. The van der Waals surface area contributed by atoms with E-state index in [0.717, 1.165) is 23.4 Å². The van der Waals surface area contributed by atoms with Gasteiger partial charge in [-0.15, -0.1) is 0 Å². The Hall–Kier alpha value is -3.38. The molecule has 5 heterocycles. The van der Waals surface area contributed by atoms with Crippen LogP contribution in [0.1, 0.15) is 18.4 Å². The maximum atomic E-state index is 12.8. The van der Waals surface area contributed by atoms with Gasteiger partial charge in [0, 0.05) is 43.1 Å². The van der Waals surface area contributed by atoms with Crippen molar-refractivity contribution >= 4 is 28.7 Å². The topological polar surface area (TPSA) is 80.0 Å². The molecule has 13 heteroatoms. The van der Waals surface area contributed by atoms with Crippen molar-refractivity contribution in [2.45, 2.75) is 38.0 Å². The zero-order valence-electron chi connectivity index (χ0n) is 17.6. The molecule has 3 aliphatic rings. The number of nitrogens with zero attached hydrogens (tertiary/aromatic N) is 7. The molecule has 3 fully saturated rings. The molecule has 3 aromatic heterocycles. The second-order valence-electron chi connectivity index (χ2n) is 9.11. The van der Waals surface area contributed by atoms with Crippen LogP contribution in [0.15, 0.2) is 30.7 Å². The highest BCUT2D eigenvalue weighted by Crippen LogP contribution is 2.61. The van der Waals surface area contributed by atoms with E-state index in [9.17, 15) is 26.7 Å². The van der Waals surface area contributed by atoms with Gasteiger partial charge in [-0.2, -0.15) is 18.3 Å². The standard InChI is InChI=1S/C21H18F5N7O/c22-15(23)9-33-19-13(6-29-33)27-7-17(30-19)31-8-12-14(31)3-20(12)4-18(34)32(10-20)16-2-1-11(5-28-16)21(24,25)26/h1-2,5-7,12,14-15H,3-4,8-10H2/t12?,14?,20-/m0/s1. The van der Waals surface area contributed by atoms with Gasteiger partial charge in [0.05, 0.1) is 18.0 Å². The van der Waals surface area contributed by atoms with Crippen LogP contribution in [0.3, 0.4) is 0 Å². The molecule has 0 N–H and O–H groups in total. The number of halogens is 5. The second kappa shape index (κ2) is 7.06. The fourth-order valence-electron chi connectivity index (χ4n) is 5.48. The summed E-state index contributed by atoms with van der Waals surface area (Å²) in [5, 5.41) is 3.93. The summed E-state index contributed by atoms with van der Waals surface area (Å²) in [6.07, 6.45) is -2.27. The van der Waals surface area contributed by atoms with Gasteiger partial charge in [0.25, 0.3) is 6.43 Å². The molecule has 2 aliphatic heterocycles. The van der Waals surface area contributed by atoms with Gasteiger partial charge in [0.15, 0.2) is 5.65 Å². The van der Waals surface area contributed by atoms with Crippen LogP contribution >= 0.6 is 0 Å². The van der Waals surface area contributed by atoms with Crippen molar-refractivity contribution in [3.8, 4) is 0 Å². The molecule has 1 saturated carbocycles. The number of carbonyl (C=O) groups excluding carboxylic acids is 1. The van der Waals surface area contributed by atoms with Gasteiger partial charge in [-0.3, -0.25) is 9.69 Å². The highest BCUT2D eigenvalue weighted by Gasteiger charge is 2.66. The summed E-state index contributed by atoms with van der Waals surface area (Å²) in [6.45, 7) is 0.479. The molecular formula is C21H18F5N7O. The number of carbonyl (C=O) groups is 1. The third-order valence-electron chi connectivity index (χ3n) is 7.23. The van der Waals surface area contributed by atoms with Crippen molar-refractivity contribution in [3.05, 3.63) is 36.3 Å². The fraction of sp³-hybridized carbons (Fsp3) is 0.476. The number of piperidine rings is 1. The van der Waals surface area contributed by atoms with Gasteiger partial charge >= 0.3 is 6.18 Å². The molecule has 1 spiro atoms. The van der Waals surface area contributed by atoms with Crippen molar-refractivity contribution in [3.63, 3.8) is 0 Å². The lowest BCUT2D eigenvalue weighted by atomic mass is 9.51. The van der Waals surface area contributed by atoms with Gasteiger partial charge in [-0.1, -0.05) is 0 Å². The van der Waals surface area contributed by atoms with Crippen molar-refractivity contribution < 1.29 is 26.7 Å². The zero-order chi connectivity index (χ0) is 23.8. The number of fused-ring (bicyclic) bond motifs is 3. The molecule has 0 bridgehead atoms. The van der Waals surface area contributed by atoms with Crippen LogP contribution in [0, 0.1) is 11.3 Å². The van der Waals surface area contributed by atoms with Crippen LogP contribution in [0.5, 0.6) is 0 Å². The number of pyridine rings is 1. The number of amides is 1. The summed E-state index contributed by atoms with van der Waals surface area (Å²) < 4.78 is 65.2. The maximum Gasteiger partial charge on any atom is 0.417 e. The highest BCUT2D eigenvalue weighted by atomic mass is 19.4. The van der Waals surface area contributed by atoms with E-state index in [1.54, 1.807) is 6.20 Å². The first-order valence-electron chi connectivity index (χ1n) is 10.7. The number of aromatic nitrogens is 5. The van der Waals surface area contributed by atoms with Crippen LogP contribution in [0.2, 0.25) is 0 Å². The maximum absolute atomic E-state index is 12.8. The van der Waals surface area contributed by atoms with Crippen LogP contribution < -0.4 is 9.80 Å². The Kier molecular flexibility index (Phi) is 4.40. The Balaban J connectivity index is 1.16. The second-order valence-corrected chi connectivity index (χ2v) is 9.11. The molecule has 0 radical (unpaired) electrons. The predicted octanol–water partition coefficient (Wildman–Crippen LogP) is 3.14. The van der Waals surface area contributed by atoms with Crippen LogP contribution in [0.25, 0.3) is 11.2 Å². The van der Waals surface area contributed by atoms with E-state index in [1.165, 1.54) is 17.2 Å². The van der Waals surface area contributed by atoms with Crippen molar-refractivity contribution in [1.29, 1.82) is 0 Å². The lowest BCUT2D eigenvalue weighted by Crippen LogP contribution is -2.72. The van der Waals surface area contributed by atoms with Crippen molar-refractivity contribution in [2.75, 3.05) is 22.9 Å². The minimum absolute atomic E-state index is 0.145. The van der Waals surface area contributed by atoms with E-state index in [1.807, 2.05) is 4.90 Å². The molecule has 8 nitrogen and oxygen atoms in total. The summed E-state index contributed by atoms with van der Waals surface area (Å²) in [6, 6.07) is 2.31. The molecule has 3 atom stereocenters. The lowest BCUT2D eigenvalue weighted by Gasteiger charge is -2.65. The van der Waals surface area contributed by atoms with Gasteiger partial charge in [0.1, 0.15) is 23.7 Å². The quantitative estimate of drug-likeness (QED) is 0.535. The minimum Gasteiger partial charge on any atom is -0.352 e. The summed E-state index contributed by atoms with van der Waals surface area (Å²) in [5.74, 6) is 0.865. The first-order chi connectivity index (χ1) is 16.1. The Morgan fingerprint density at radius 1 is 1.12 bits per heavy atom. The van der Waals surface area contributed by atoms with Crippen molar-refractivity contribution in [2.24, 2.45) is 11.3 Å². The molecule has 1 amide bonds. The molecule has 2 unspecified atom stereocenters. The van der Waals surface area contributed by atoms with E-state index in [0.29, 0.717) is 36.5 Å². The Bertz CT molecular complexity index is 1280. The van der Waals surface area contributed by atoms with Crippen LogP contribution in [-0.4, -0.2) is 56.2 Å². The Labute approximate surface area is 189 Å². The first-order valence-corrected chi connectivity index (χ1v) is 10.7. The Morgan fingerprint density at radius 2 is 1.94 bits per heavy atom. The Morgan fingerprint density at radius 3 is 2.59 bits per heavy atom. The molecule has 1 aliphatic carbocycles. The average molecular weight is 479 g/mol. The van der Waals surface area contributed by atoms with Gasteiger partial charge in [0.2, 0.25) is 5.91 Å². The molecule has 178 valence electrons. The number of hydrogen-bond acceptors (Lipinski definition) is 6. The summed E-state index contributed by atoms with van der Waals surface area (Å²) >= 11 is 0. The van der Waals surface area contributed by atoms with Crippen LogP contribution in [0.4, 0.5) is 33.6 Å². The lowest BCUT2D eigenvalue weighted by molar-refractivity contribution is -0.137. The zero-order valence-corrected chi connectivity index (χ0v) is 17.6. The van der Waals surface area contributed by atoms with E-state index >= 15 is 0 Å². The average Bonchev–Trinajstić information content (AvgIpc) is 3.32. The number of anilines is 2. The molecule has 34 heavy (non-hydrogen) atoms. The number of alkyl halides is 5. The molecule has 3 aromatic rings. The van der Waals surface area contributed by atoms with Crippen molar-refractivity contribution in [1.82, 2.24) is 24.7 Å². The van der Waals surface area contributed by atoms with E-state index in [2.05, 4.69) is 20.1 Å². The molecule has 2 saturated heterocycles. The number of rotatable bonds is 4. The highest BCUT2D eigenvalue weighted by molar-refractivity contribution is 5.96. The summed E-state index contributed by atoms with van der Waals surface area (Å²) in [4.78, 5) is 28.9. The minimum atomic E-state index is -4.48. The van der Waals surface area contributed by atoms with E-state index < -0.39 is 24.7 Å². The fourth-order valence-corrected chi connectivity index (χ4v) is 5.48. The predicted molar refractivity (Wildman–Crippen MR) is 109 cm³/mol. The van der Waals surface area contributed by atoms with Gasteiger partial charge in [-0.25, -0.2) is 28.4 Å². The smallest absolute Gasteiger partial charge is 0.352 e. The van der Waals surface area contributed by atoms with Gasteiger partial charge < -0.3 is 4.90 Å². The van der Waals surface area contributed by atoms with E-state index in [4.69, 9.17) is 0 Å². The summed E-state index contributed by atoms with van der Waals surface area (Å²) in [7, 11) is 0. The monoisotopic (exact) mass is 479 g/mol. The summed E-state index contributed by atoms with van der Waals surface area (Å²) in [5.41, 5.74) is -0.375. The molecular weight excluding hydrogens is 461 g/mol. The first kappa shape index (κ1) is 21.2. The van der Waals surface area contributed by atoms with Crippen LogP contribution in [-0.2, 0) is 17.5 Å². The SMILES string of the molecule is O=C1C[C@@]2(CC3C2CN3c2cnc3cnn(CC(F)F)c3n2)CN1c1ccc(C(F)(F)F)cn1. The largest absolute Gasteiger partial charge is 0.417 e. The molecule has 0 aromatic carbocycles. The normalized spacial score (nSPS) is 26.4.